The van der Waals surface area contributed by atoms with Crippen LogP contribution in [0.15, 0.2) is 30.6 Å². The maximum absolute atomic E-state index is 12.2. The average Bonchev–Trinajstić information content (AvgIpc) is 3.35. The smallest absolute Gasteiger partial charge is 0.340 e. The minimum absolute atomic E-state index is 0.290. The fourth-order valence-electron chi connectivity index (χ4n) is 4.08. The Kier molecular flexibility index (Phi) is 3.86. The van der Waals surface area contributed by atoms with Crippen molar-refractivity contribution in [1.29, 1.82) is 0 Å². The summed E-state index contributed by atoms with van der Waals surface area (Å²) in [5, 5.41) is 5.54. The molecule has 0 radical (unpaired) electrons. The number of fused-ring (bicyclic) bond motifs is 1. The van der Waals surface area contributed by atoms with E-state index < -0.39 is 0 Å². The molecule has 1 fully saturated rings. The van der Waals surface area contributed by atoms with Gasteiger partial charge in [0.05, 0.1) is 30.4 Å². The summed E-state index contributed by atoms with van der Waals surface area (Å²) in [7, 11) is 3.42. The van der Waals surface area contributed by atoms with E-state index in [1.807, 2.05) is 32.3 Å². The zero-order chi connectivity index (χ0) is 17.6. The second-order valence-corrected chi connectivity index (χ2v) is 6.86. The topological polar surface area (TPSA) is 49.1 Å². The predicted molar refractivity (Wildman–Crippen MR) is 97.7 cm³/mol. The van der Waals surface area contributed by atoms with E-state index in [2.05, 4.69) is 26.6 Å². The van der Waals surface area contributed by atoms with Crippen LogP contribution in [0.5, 0.6) is 0 Å². The van der Waals surface area contributed by atoms with Crippen molar-refractivity contribution in [3.63, 3.8) is 0 Å². The number of carbonyl (C=O) groups excluding carboxylic acids is 1. The van der Waals surface area contributed by atoms with Crippen molar-refractivity contribution in [2.75, 3.05) is 7.11 Å². The van der Waals surface area contributed by atoms with Crippen molar-refractivity contribution in [3.8, 4) is 11.1 Å². The van der Waals surface area contributed by atoms with E-state index in [1.54, 1.807) is 0 Å². The number of nitrogens with zero attached hydrogens (tertiary/aromatic N) is 3. The third-order valence-corrected chi connectivity index (χ3v) is 5.51. The van der Waals surface area contributed by atoms with Crippen LogP contribution in [0.3, 0.4) is 0 Å². The molecular weight excluding hydrogens is 314 g/mol. The molecule has 130 valence electrons. The highest BCUT2D eigenvalue weighted by Gasteiger charge is 2.22. The van der Waals surface area contributed by atoms with Gasteiger partial charge in [0.25, 0.3) is 0 Å². The highest BCUT2D eigenvalue weighted by molar-refractivity contribution is 6.09. The van der Waals surface area contributed by atoms with Crippen LogP contribution in [0.2, 0.25) is 0 Å². The maximum Gasteiger partial charge on any atom is 0.340 e. The van der Waals surface area contributed by atoms with Crippen LogP contribution in [0.1, 0.15) is 47.8 Å². The van der Waals surface area contributed by atoms with Crippen molar-refractivity contribution in [2.45, 2.75) is 38.6 Å². The van der Waals surface area contributed by atoms with Crippen molar-refractivity contribution in [3.05, 3.63) is 41.9 Å². The number of ether oxygens (including phenoxy) is 1. The third-order valence-electron chi connectivity index (χ3n) is 5.51. The summed E-state index contributed by atoms with van der Waals surface area (Å²) in [6.07, 6.45) is 9.07. The molecule has 0 spiro atoms. The van der Waals surface area contributed by atoms with Crippen molar-refractivity contribution in [1.82, 2.24) is 14.3 Å². The Morgan fingerprint density at radius 2 is 2.04 bits per heavy atom. The van der Waals surface area contributed by atoms with Gasteiger partial charge in [0, 0.05) is 35.5 Å². The zero-order valence-electron chi connectivity index (χ0n) is 15.0. The van der Waals surface area contributed by atoms with Crippen molar-refractivity contribution in [2.24, 2.45) is 7.05 Å². The lowest BCUT2D eigenvalue weighted by molar-refractivity contribution is 0.0602. The molecule has 25 heavy (non-hydrogen) atoms. The Balaban J connectivity index is 1.87. The maximum atomic E-state index is 12.2. The minimum atomic E-state index is -0.290. The van der Waals surface area contributed by atoms with Gasteiger partial charge in [-0.1, -0.05) is 31.0 Å². The molecule has 0 amide bonds. The molecule has 2 heterocycles. The van der Waals surface area contributed by atoms with E-state index in [9.17, 15) is 4.79 Å². The standard InChI is InChI=1S/C20H23N3O2/c1-13-18(20(24)25-3)17-10-6-9-16(19(17)22(13)2)14-11-21-23(12-14)15-7-4-5-8-15/h6,9-12,15H,4-5,7-8H2,1-3H3. The van der Waals surface area contributed by atoms with Gasteiger partial charge in [0.2, 0.25) is 0 Å². The number of aryl methyl sites for hydroxylation is 1. The van der Waals surface area contributed by atoms with E-state index in [1.165, 1.54) is 32.8 Å². The molecule has 3 aromatic rings. The summed E-state index contributed by atoms with van der Waals surface area (Å²) < 4.78 is 9.17. The number of methoxy groups -OCH3 is 1. The molecular formula is C20H23N3O2. The molecule has 4 rings (SSSR count). The van der Waals surface area contributed by atoms with E-state index in [0.717, 1.165) is 27.7 Å². The largest absolute Gasteiger partial charge is 0.465 e. The number of benzene rings is 1. The van der Waals surface area contributed by atoms with Crippen LogP contribution in [0.4, 0.5) is 0 Å². The van der Waals surface area contributed by atoms with Crippen LogP contribution in [0.25, 0.3) is 22.0 Å². The summed E-state index contributed by atoms with van der Waals surface area (Å²) in [5.41, 5.74) is 4.80. The zero-order valence-corrected chi connectivity index (χ0v) is 15.0. The molecule has 0 unspecified atom stereocenters. The van der Waals surface area contributed by atoms with Gasteiger partial charge >= 0.3 is 5.97 Å². The van der Waals surface area contributed by atoms with Gasteiger partial charge < -0.3 is 9.30 Å². The predicted octanol–water partition coefficient (Wildman–Crippen LogP) is 4.25. The molecule has 1 aliphatic rings. The first-order valence-corrected chi connectivity index (χ1v) is 8.82. The molecule has 5 nitrogen and oxygen atoms in total. The van der Waals surface area contributed by atoms with Gasteiger partial charge in [-0.3, -0.25) is 4.68 Å². The minimum Gasteiger partial charge on any atom is -0.465 e. The van der Waals surface area contributed by atoms with Gasteiger partial charge in [-0.15, -0.1) is 0 Å². The molecule has 0 N–H and O–H groups in total. The van der Waals surface area contributed by atoms with E-state index >= 15 is 0 Å². The Hall–Kier alpha value is -2.56. The first-order chi connectivity index (χ1) is 12.1. The Bertz CT molecular complexity index is 945. The molecule has 1 aromatic carbocycles. The van der Waals surface area contributed by atoms with Crippen LogP contribution in [-0.4, -0.2) is 27.4 Å². The first kappa shape index (κ1) is 15.9. The second-order valence-electron chi connectivity index (χ2n) is 6.86. The lowest BCUT2D eigenvalue weighted by Gasteiger charge is -2.09. The monoisotopic (exact) mass is 337 g/mol. The molecule has 0 saturated heterocycles. The number of hydrogen-bond acceptors (Lipinski definition) is 3. The summed E-state index contributed by atoms with van der Waals surface area (Å²) in [6.45, 7) is 1.96. The SMILES string of the molecule is COC(=O)c1c(C)n(C)c2c(-c3cnn(C4CCCC4)c3)cccc12. The quantitative estimate of drug-likeness (QED) is 0.671. The van der Waals surface area contributed by atoms with Crippen LogP contribution < -0.4 is 0 Å². The van der Waals surface area contributed by atoms with Crippen LogP contribution >= 0.6 is 0 Å². The molecule has 0 aliphatic heterocycles. The summed E-state index contributed by atoms with van der Waals surface area (Å²) >= 11 is 0. The number of para-hydroxylation sites is 1. The highest BCUT2D eigenvalue weighted by Crippen LogP contribution is 2.35. The summed E-state index contributed by atoms with van der Waals surface area (Å²) in [4.78, 5) is 12.2. The lowest BCUT2D eigenvalue weighted by atomic mass is 10.0. The highest BCUT2D eigenvalue weighted by atomic mass is 16.5. The van der Waals surface area contributed by atoms with Gasteiger partial charge in [0.1, 0.15) is 0 Å². The van der Waals surface area contributed by atoms with E-state index in [4.69, 9.17) is 4.74 Å². The average molecular weight is 337 g/mol. The number of carbonyl (C=O) groups is 1. The Morgan fingerprint density at radius 3 is 2.76 bits per heavy atom. The van der Waals surface area contributed by atoms with Gasteiger partial charge in [-0.2, -0.15) is 5.10 Å². The first-order valence-electron chi connectivity index (χ1n) is 8.82. The molecule has 0 bridgehead atoms. The Morgan fingerprint density at radius 1 is 1.28 bits per heavy atom. The molecule has 1 aliphatic carbocycles. The van der Waals surface area contributed by atoms with Gasteiger partial charge in [-0.05, 0) is 19.8 Å². The van der Waals surface area contributed by atoms with E-state index in [0.29, 0.717) is 11.6 Å². The molecule has 1 saturated carbocycles. The summed E-state index contributed by atoms with van der Waals surface area (Å²) in [5.74, 6) is -0.290. The third kappa shape index (κ3) is 2.46. The molecule has 5 heteroatoms. The second kappa shape index (κ2) is 6.06. The number of rotatable bonds is 3. The normalized spacial score (nSPS) is 15.2. The van der Waals surface area contributed by atoms with Crippen LogP contribution in [-0.2, 0) is 11.8 Å². The van der Waals surface area contributed by atoms with Crippen molar-refractivity contribution < 1.29 is 9.53 Å². The number of aromatic nitrogens is 3. The van der Waals surface area contributed by atoms with Crippen molar-refractivity contribution >= 4 is 16.9 Å². The summed E-state index contributed by atoms with van der Waals surface area (Å²) in [6, 6.07) is 6.60. The Labute approximate surface area is 147 Å². The molecule has 2 aromatic heterocycles. The van der Waals surface area contributed by atoms with Crippen LogP contribution in [0, 0.1) is 6.92 Å². The molecule has 0 atom stereocenters. The number of esters is 1. The van der Waals surface area contributed by atoms with Gasteiger partial charge in [0.15, 0.2) is 0 Å². The van der Waals surface area contributed by atoms with E-state index in [-0.39, 0.29) is 5.97 Å². The fraction of sp³-hybridized carbons (Fsp3) is 0.400. The van der Waals surface area contributed by atoms with Gasteiger partial charge in [-0.25, -0.2) is 4.79 Å². The lowest BCUT2D eigenvalue weighted by Crippen LogP contribution is -2.04. The number of hydrogen-bond donors (Lipinski definition) is 0. The fourth-order valence-corrected chi connectivity index (χ4v) is 4.08.